The molecule has 0 spiro atoms. The second-order valence-corrected chi connectivity index (χ2v) is 3.18. The first-order valence-corrected chi connectivity index (χ1v) is 5.16. The van der Waals surface area contributed by atoms with Gasteiger partial charge in [-0.05, 0) is 12.1 Å². The largest absolute Gasteiger partial charge is 0.424 e. The lowest BCUT2D eigenvalue weighted by molar-refractivity contribution is 0.441. The van der Waals surface area contributed by atoms with Gasteiger partial charge in [0, 0.05) is 14.1 Å². The molecule has 0 bridgehead atoms. The molecule has 0 aliphatic carbocycles. The first-order valence-electron chi connectivity index (χ1n) is 5.16. The minimum absolute atomic E-state index is 0.250. The van der Waals surface area contributed by atoms with E-state index in [4.69, 9.17) is 4.74 Å². The number of anilines is 2. The van der Waals surface area contributed by atoms with Crippen LogP contribution in [0.5, 0.6) is 11.8 Å². The lowest BCUT2D eigenvalue weighted by atomic mass is 10.3. The summed E-state index contributed by atoms with van der Waals surface area (Å²) in [6.45, 7) is 0. The van der Waals surface area contributed by atoms with Crippen LogP contribution in [0.15, 0.2) is 30.3 Å². The van der Waals surface area contributed by atoms with E-state index >= 15 is 0 Å². The molecule has 0 saturated carbocycles. The zero-order chi connectivity index (χ0) is 12.1. The van der Waals surface area contributed by atoms with Crippen molar-refractivity contribution < 1.29 is 4.74 Å². The Bertz CT molecular complexity index is 466. The highest BCUT2D eigenvalue weighted by atomic mass is 16.5. The summed E-state index contributed by atoms with van der Waals surface area (Å²) in [5, 5.41) is 5.69. The average Bonchev–Trinajstić information content (AvgIpc) is 2.39. The van der Waals surface area contributed by atoms with Gasteiger partial charge in [-0.1, -0.05) is 18.2 Å². The van der Waals surface area contributed by atoms with Crippen LogP contribution in [-0.4, -0.2) is 29.0 Å². The normalized spacial score (nSPS) is 9.76. The first-order chi connectivity index (χ1) is 8.31. The van der Waals surface area contributed by atoms with Crippen LogP contribution >= 0.6 is 0 Å². The average molecular weight is 231 g/mol. The van der Waals surface area contributed by atoms with Crippen LogP contribution in [-0.2, 0) is 0 Å². The predicted molar refractivity (Wildman–Crippen MR) is 65.4 cm³/mol. The van der Waals surface area contributed by atoms with Crippen LogP contribution < -0.4 is 15.4 Å². The van der Waals surface area contributed by atoms with Crippen LogP contribution in [0.1, 0.15) is 0 Å². The molecule has 0 radical (unpaired) electrons. The number of aromatic nitrogens is 3. The van der Waals surface area contributed by atoms with Gasteiger partial charge in [0.15, 0.2) is 0 Å². The number of hydrogen-bond acceptors (Lipinski definition) is 6. The maximum Gasteiger partial charge on any atom is 0.328 e. The fourth-order valence-corrected chi connectivity index (χ4v) is 1.22. The van der Waals surface area contributed by atoms with E-state index in [9.17, 15) is 0 Å². The van der Waals surface area contributed by atoms with Crippen molar-refractivity contribution in [2.45, 2.75) is 0 Å². The predicted octanol–water partition coefficient (Wildman–Crippen LogP) is 1.75. The van der Waals surface area contributed by atoms with Gasteiger partial charge >= 0.3 is 6.01 Å². The molecule has 1 aromatic heterocycles. The molecule has 17 heavy (non-hydrogen) atoms. The lowest BCUT2D eigenvalue weighted by Gasteiger charge is -2.06. The summed E-state index contributed by atoms with van der Waals surface area (Å²) in [6, 6.07) is 9.60. The van der Waals surface area contributed by atoms with E-state index in [0.717, 1.165) is 0 Å². The number of nitrogens with one attached hydrogen (secondary N) is 2. The lowest BCUT2D eigenvalue weighted by Crippen LogP contribution is -2.05. The SMILES string of the molecule is CNc1nc(NC)nc(Oc2ccccc2)n1. The zero-order valence-electron chi connectivity index (χ0n) is 9.64. The van der Waals surface area contributed by atoms with Gasteiger partial charge < -0.3 is 15.4 Å². The highest BCUT2D eigenvalue weighted by Gasteiger charge is 2.06. The Morgan fingerprint density at radius 2 is 1.47 bits per heavy atom. The van der Waals surface area contributed by atoms with E-state index in [1.54, 1.807) is 14.1 Å². The summed E-state index contributed by atoms with van der Waals surface area (Å²) in [4.78, 5) is 12.3. The Morgan fingerprint density at radius 1 is 0.882 bits per heavy atom. The number of rotatable bonds is 4. The molecule has 88 valence electrons. The molecular weight excluding hydrogens is 218 g/mol. The molecule has 6 nitrogen and oxygen atoms in total. The van der Waals surface area contributed by atoms with Crippen molar-refractivity contribution in [3.05, 3.63) is 30.3 Å². The maximum absolute atomic E-state index is 5.52. The van der Waals surface area contributed by atoms with Crippen LogP contribution in [0.4, 0.5) is 11.9 Å². The first kappa shape index (κ1) is 11.1. The number of para-hydroxylation sites is 1. The topological polar surface area (TPSA) is 72.0 Å². The highest BCUT2D eigenvalue weighted by molar-refractivity contribution is 5.36. The molecule has 0 aliphatic heterocycles. The van der Waals surface area contributed by atoms with E-state index < -0.39 is 0 Å². The Balaban J connectivity index is 2.26. The standard InChI is InChI=1S/C11H13N5O/c1-12-9-14-10(13-2)16-11(15-9)17-8-6-4-3-5-7-8/h3-7H,1-2H3,(H2,12,13,14,15,16). The van der Waals surface area contributed by atoms with Crippen molar-refractivity contribution in [2.75, 3.05) is 24.7 Å². The van der Waals surface area contributed by atoms with Gasteiger partial charge in [0.05, 0.1) is 0 Å². The summed E-state index contributed by atoms with van der Waals surface area (Å²) in [7, 11) is 3.47. The molecule has 1 aromatic carbocycles. The molecule has 0 unspecified atom stereocenters. The molecule has 0 amide bonds. The van der Waals surface area contributed by atoms with Crippen LogP contribution in [0.2, 0.25) is 0 Å². The van der Waals surface area contributed by atoms with Crippen molar-refractivity contribution in [1.29, 1.82) is 0 Å². The van der Waals surface area contributed by atoms with Crippen molar-refractivity contribution >= 4 is 11.9 Å². The number of benzene rings is 1. The van der Waals surface area contributed by atoms with Gasteiger partial charge in [0.1, 0.15) is 5.75 Å². The molecule has 2 N–H and O–H groups in total. The van der Waals surface area contributed by atoms with E-state index in [2.05, 4.69) is 25.6 Å². The summed E-state index contributed by atoms with van der Waals surface area (Å²) < 4.78 is 5.52. The van der Waals surface area contributed by atoms with Gasteiger partial charge in [-0.2, -0.15) is 15.0 Å². The number of ether oxygens (including phenoxy) is 1. The quantitative estimate of drug-likeness (QED) is 0.835. The third-order valence-corrected chi connectivity index (χ3v) is 2.01. The molecule has 6 heteroatoms. The monoisotopic (exact) mass is 231 g/mol. The fraction of sp³-hybridized carbons (Fsp3) is 0.182. The van der Waals surface area contributed by atoms with Crippen LogP contribution in [0.25, 0.3) is 0 Å². The Kier molecular flexibility index (Phi) is 3.34. The van der Waals surface area contributed by atoms with E-state index in [1.807, 2.05) is 30.3 Å². The van der Waals surface area contributed by atoms with E-state index in [1.165, 1.54) is 0 Å². The third kappa shape index (κ3) is 2.81. The maximum atomic E-state index is 5.52. The van der Waals surface area contributed by atoms with E-state index in [-0.39, 0.29) is 6.01 Å². The van der Waals surface area contributed by atoms with Gasteiger partial charge in [-0.3, -0.25) is 0 Å². The second kappa shape index (κ2) is 5.11. The fourth-order valence-electron chi connectivity index (χ4n) is 1.22. The number of hydrogen-bond donors (Lipinski definition) is 2. The molecule has 0 fully saturated rings. The third-order valence-electron chi connectivity index (χ3n) is 2.01. The van der Waals surface area contributed by atoms with E-state index in [0.29, 0.717) is 17.6 Å². The van der Waals surface area contributed by atoms with Crippen molar-refractivity contribution in [1.82, 2.24) is 15.0 Å². The van der Waals surface area contributed by atoms with Gasteiger partial charge in [-0.15, -0.1) is 0 Å². The van der Waals surface area contributed by atoms with Crippen LogP contribution in [0, 0.1) is 0 Å². The molecular formula is C11H13N5O. The van der Waals surface area contributed by atoms with Crippen LogP contribution in [0.3, 0.4) is 0 Å². The molecule has 0 saturated heterocycles. The second-order valence-electron chi connectivity index (χ2n) is 3.18. The van der Waals surface area contributed by atoms with Gasteiger partial charge in [0.25, 0.3) is 0 Å². The van der Waals surface area contributed by atoms with Gasteiger partial charge in [0.2, 0.25) is 11.9 Å². The molecule has 0 atom stereocenters. The summed E-state index contributed by atoms with van der Waals surface area (Å²) in [6.07, 6.45) is 0. The van der Waals surface area contributed by atoms with Crippen molar-refractivity contribution in [2.24, 2.45) is 0 Å². The Labute approximate surface area is 99.1 Å². The molecule has 2 aromatic rings. The zero-order valence-corrected chi connectivity index (χ0v) is 9.64. The Hall–Kier alpha value is -2.37. The highest BCUT2D eigenvalue weighted by Crippen LogP contribution is 2.18. The minimum Gasteiger partial charge on any atom is -0.424 e. The summed E-state index contributed by atoms with van der Waals surface area (Å²) in [5.41, 5.74) is 0. The minimum atomic E-state index is 0.250. The molecule has 1 heterocycles. The van der Waals surface area contributed by atoms with Crippen molar-refractivity contribution in [3.63, 3.8) is 0 Å². The number of nitrogens with zero attached hydrogens (tertiary/aromatic N) is 3. The van der Waals surface area contributed by atoms with Gasteiger partial charge in [-0.25, -0.2) is 0 Å². The summed E-state index contributed by atoms with van der Waals surface area (Å²) in [5.74, 6) is 1.59. The molecule has 2 rings (SSSR count). The van der Waals surface area contributed by atoms with Crippen molar-refractivity contribution in [3.8, 4) is 11.8 Å². The summed E-state index contributed by atoms with van der Waals surface area (Å²) >= 11 is 0. The molecule has 0 aliphatic rings. The smallest absolute Gasteiger partial charge is 0.328 e. The Morgan fingerprint density at radius 3 is 2.00 bits per heavy atom.